The summed E-state index contributed by atoms with van der Waals surface area (Å²) in [6.07, 6.45) is 4.51. The summed E-state index contributed by atoms with van der Waals surface area (Å²) in [7, 11) is 0. The van der Waals surface area contributed by atoms with Crippen molar-refractivity contribution in [3.05, 3.63) is 64.9 Å². The molecule has 4 aromatic rings. The van der Waals surface area contributed by atoms with Crippen LogP contribution in [0.2, 0.25) is 10.0 Å². The number of hydrogen-bond donors (Lipinski definition) is 1. The summed E-state index contributed by atoms with van der Waals surface area (Å²) in [6, 6.07) is 15.3. The molecule has 1 aliphatic rings. The normalized spacial score (nSPS) is 16.7. The fourth-order valence-electron chi connectivity index (χ4n) is 4.29. The smallest absolute Gasteiger partial charge is 0.170 e. The lowest BCUT2D eigenvalue weighted by atomic mass is 10.1. The summed E-state index contributed by atoms with van der Waals surface area (Å²) >= 11 is 12.7. The van der Waals surface area contributed by atoms with E-state index in [0.717, 1.165) is 43.5 Å². The molecule has 1 fully saturated rings. The number of fused-ring (bicyclic) bond motifs is 1. The topological polar surface area (TPSA) is 75.9 Å². The first-order valence-corrected chi connectivity index (χ1v) is 11.6. The van der Waals surface area contributed by atoms with E-state index in [9.17, 15) is 4.79 Å². The van der Waals surface area contributed by atoms with Gasteiger partial charge in [0.15, 0.2) is 17.0 Å². The standard InChI is InChI=1S/C24H22Cl2N6O/c25-16-7-9-18(10-8-16)32-23(19-5-1-2-6-20(19)26)30-21-22(27-15-28-24(21)32)29-17-4-3-11-31(14-17)12-13-33/h1-2,5-10,13,15,17H,3-4,11-12,14H2,(H,27,28,29)/t17-/m0/s1. The number of rotatable bonds is 6. The molecule has 0 amide bonds. The third kappa shape index (κ3) is 4.44. The average molecular weight is 481 g/mol. The molecule has 1 N–H and O–H groups in total. The van der Waals surface area contributed by atoms with Crippen molar-refractivity contribution in [3.63, 3.8) is 0 Å². The van der Waals surface area contributed by atoms with Gasteiger partial charge in [-0.2, -0.15) is 0 Å². The monoisotopic (exact) mass is 480 g/mol. The van der Waals surface area contributed by atoms with Gasteiger partial charge in [-0.05, 0) is 55.8 Å². The van der Waals surface area contributed by atoms with Gasteiger partial charge in [-0.3, -0.25) is 9.47 Å². The van der Waals surface area contributed by atoms with Crippen LogP contribution in [-0.4, -0.2) is 56.4 Å². The lowest BCUT2D eigenvalue weighted by Crippen LogP contribution is -2.42. The van der Waals surface area contributed by atoms with Crippen LogP contribution < -0.4 is 5.32 Å². The molecule has 0 saturated carbocycles. The van der Waals surface area contributed by atoms with Gasteiger partial charge in [-0.1, -0.05) is 35.3 Å². The van der Waals surface area contributed by atoms with Gasteiger partial charge >= 0.3 is 0 Å². The minimum Gasteiger partial charge on any atom is -0.364 e. The first-order valence-electron chi connectivity index (χ1n) is 10.8. The number of piperidine rings is 1. The Labute approximate surface area is 201 Å². The molecule has 0 spiro atoms. The number of benzene rings is 2. The second-order valence-corrected chi connectivity index (χ2v) is 8.87. The molecule has 7 nitrogen and oxygen atoms in total. The SMILES string of the molecule is O=CCN1CCC[C@H](Nc2ncnc3c2nc(-c2ccccc2Cl)n3-c2ccc(Cl)cc2)C1. The van der Waals surface area contributed by atoms with Crippen molar-refractivity contribution in [1.29, 1.82) is 0 Å². The van der Waals surface area contributed by atoms with E-state index in [1.807, 2.05) is 53.1 Å². The Morgan fingerprint density at radius 1 is 1.09 bits per heavy atom. The summed E-state index contributed by atoms with van der Waals surface area (Å²) in [5.74, 6) is 1.34. The molecule has 3 heterocycles. The van der Waals surface area contributed by atoms with Crippen LogP contribution in [0.3, 0.4) is 0 Å². The van der Waals surface area contributed by atoms with Crippen LogP contribution in [0, 0.1) is 0 Å². The third-order valence-electron chi connectivity index (χ3n) is 5.82. The second-order valence-electron chi connectivity index (χ2n) is 8.03. The maximum atomic E-state index is 11.0. The summed E-state index contributed by atoms with van der Waals surface area (Å²) in [5.41, 5.74) is 3.00. The molecule has 1 aliphatic heterocycles. The van der Waals surface area contributed by atoms with Crippen LogP contribution in [0.15, 0.2) is 54.9 Å². The molecule has 0 bridgehead atoms. The van der Waals surface area contributed by atoms with E-state index in [2.05, 4.69) is 20.2 Å². The Morgan fingerprint density at radius 3 is 2.70 bits per heavy atom. The van der Waals surface area contributed by atoms with Crippen LogP contribution >= 0.6 is 23.2 Å². The Balaban J connectivity index is 1.62. The minimum absolute atomic E-state index is 0.168. The molecule has 0 unspecified atom stereocenters. The number of nitrogens with one attached hydrogen (secondary N) is 1. The van der Waals surface area contributed by atoms with Crippen molar-refractivity contribution in [2.24, 2.45) is 0 Å². The maximum absolute atomic E-state index is 11.0. The third-order valence-corrected chi connectivity index (χ3v) is 6.40. The minimum atomic E-state index is 0.168. The Bertz CT molecular complexity index is 1290. The van der Waals surface area contributed by atoms with E-state index < -0.39 is 0 Å². The number of hydrogen-bond acceptors (Lipinski definition) is 6. The van der Waals surface area contributed by atoms with Gasteiger partial charge in [-0.15, -0.1) is 0 Å². The van der Waals surface area contributed by atoms with Crippen molar-refractivity contribution in [2.75, 3.05) is 25.0 Å². The molecule has 0 aliphatic carbocycles. The van der Waals surface area contributed by atoms with Crippen molar-refractivity contribution >= 4 is 46.5 Å². The van der Waals surface area contributed by atoms with Crippen molar-refractivity contribution < 1.29 is 4.79 Å². The van der Waals surface area contributed by atoms with Crippen molar-refractivity contribution in [3.8, 4) is 17.1 Å². The van der Waals surface area contributed by atoms with Crippen LogP contribution in [0.5, 0.6) is 0 Å². The number of aromatic nitrogens is 4. The zero-order valence-electron chi connectivity index (χ0n) is 17.8. The fraction of sp³-hybridized carbons (Fsp3) is 0.250. The molecule has 1 saturated heterocycles. The van der Waals surface area contributed by atoms with Crippen LogP contribution in [0.25, 0.3) is 28.2 Å². The first kappa shape index (κ1) is 21.8. The maximum Gasteiger partial charge on any atom is 0.170 e. The molecular weight excluding hydrogens is 459 g/mol. The predicted molar refractivity (Wildman–Crippen MR) is 131 cm³/mol. The van der Waals surface area contributed by atoms with Gasteiger partial charge in [0.1, 0.15) is 18.4 Å². The number of likely N-dealkylation sites (tertiary alicyclic amines) is 1. The number of anilines is 1. The Morgan fingerprint density at radius 2 is 1.91 bits per heavy atom. The van der Waals surface area contributed by atoms with Crippen LogP contribution in [0.1, 0.15) is 12.8 Å². The lowest BCUT2D eigenvalue weighted by molar-refractivity contribution is -0.109. The van der Waals surface area contributed by atoms with Crippen LogP contribution in [0.4, 0.5) is 5.82 Å². The highest BCUT2D eigenvalue weighted by Crippen LogP contribution is 2.34. The van der Waals surface area contributed by atoms with Gasteiger partial charge in [0.05, 0.1) is 11.6 Å². The number of nitrogens with zero attached hydrogens (tertiary/aromatic N) is 5. The van der Waals surface area contributed by atoms with E-state index in [1.165, 1.54) is 0 Å². The molecule has 0 radical (unpaired) electrons. The first-order chi connectivity index (χ1) is 16.1. The number of aldehydes is 1. The molecule has 2 aromatic heterocycles. The molecule has 5 rings (SSSR count). The van der Waals surface area contributed by atoms with E-state index in [4.69, 9.17) is 28.2 Å². The van der Waals surface area contributed by atoms with Crippen molar-refractivity contribution in [2.45, 2.75) is 18.9 Å². The molecule has 168 valence electrons. The largest absolute Gasteiger partial charge is 0.364 e. The predicted octanol–water partition coefficient (Wildman–Crippen LogP) is 4.86. The summed E-state index contributed by atoms with van der Waals surface area (Å²) in [4.78, 5) is 27.1. The zero-order chi connectivity index (χ0) is 22.8. The van der Waals surface area contributed by atoms with Crippen LogP contribution in [-0.2, 0) is 4.79 Å². The number of carbonyl (C=O) groups excluding carboxylic acids is 1. The average Bonchev–Trinajstić information content (AvgIpc) is 3.21. The van der Waals surface area contributed by atoms with Gasteiger partial charge < -0.3 is 10.1 Å². The molecule has 33 heavy (non-hydrogen) atoms. The highest BCUT2D eigenvalue weighted by molar-refractivity contribution is 6.33. The van der Waals surface area contributed by atoms with E-state index in [1.54, 1.807) is 6.33 Å². The summed E-state index contributed by atoms with van der Waals surface area (Å²) < 4.78 is 1.97. The Hall–Kier alpha value is -3.00. The molecular formula is C24H22Cl2N6O. The summed E-state index contributed by atoms with van der Waals surface area (Å²) in [6.45, 7) is 2.15. The highest BCUT2D eigenvalue weighted by atomic mass is 35.5. The van der Waals surface area contributed by atoms with Gasteiger partial charge in [0.25, 0.3) is 0 Å². The fourth-order valence-corrected chi connectivity index (χ4v) is 4.64. The van der Waals surface area contributed by atoms with E-state index in [-0.39, 0.29) is 6.04 Å². The second kappa shape index (κ2) is 9.47. The van der Waals surface area contributed by atoms with E-state index in [0.29, 0.717) is 39.4 Å². The quantitative estimate of drug-likeness (QED) is 0.397. The summed E-state index contributed by atoms with van der Waals surface area (Å²) in [5, 5.41) is 4.79. The molecule has 2 aromatic carbocycles. The number of halogens is 2. The molecule has 1 atom stereocenters. The van der Waals surface area contributed by atoms with Crippen molar-refractivity contribution in [1.82, 2.24) is 24.4 Å². The number of imidazole rings is 1. The van der Waals surface area contributed by atoms with Gasteiger partial charge in [-0.25, -0.2) is 15.0 Å². The zero-order valence-corrected chi connectivity index (χ0v) is 19.3. The Kier molecular flexibility index (Phi) is 6.26. The number of carbonyl (C=O) groups is 1. The van der Waals surface area contributed by atoms with Gasteiger partial charge in [0, 0.05) is 28.9 Å². The molecule has 9 heteroatoms. The van der Waals surface area contributed by atoms with E-state index >= 15 is 0 Å². The highest BCUT2D eigenvalue weighted by Gasteiger charge is 2.24. The lowest BCUT2D eigenvalue weighted by Gasteiger charge is -2.32. The van der Waals surface area contributed by atoms with Gasteiger partial charge in [0.2, 0.25) is 0 Å².